The Labute approximate surface area is 159 Å². The van der Waals surface area contributed by atoms with Gasteiger partial charge in [0.25, 0.3) is 0 Å². The summed E-state index contributed by atoms with van der Waals surface area (Å²) in [6.45, 7) is 0.287. The Hall–Kier alpha value is -2.67. The number of amides is 3. The molecule has 2 N–H and O–H groups in total. The van der Waals surface area contributed by atoms with Gasteiger partial charge in [-0.05, 0) is 23.8 Å². The molecule has 1 atom stereocenters. The topological polar surface area (TPSA) is 78.5 Å². The van der Waals surface area contributed by atoms with E-state index in [-0.39, 0.29) is 37.1 Å². The Morgan fingerprint density at radius 1 is 1.08 bits per heavy atom. The third-order valence-corrected chi connectivity index (χ3v) is 4.64. The quantitative estimate of drug-likeness (QED) is 0.751. The summed E-state index contributed by atoms with van der Waals surface area (Å²) in [6, 6.07) is 16.6. The highest BCUT2D eigenvalue weighted by Crippen LogP contribution is 2.27. The van der Waals surface area contributed by atoms with Crippen molar-refractivity contribution in [1.82, 2.24) is 10.9 Å². The van der Waals surface area contributed by atoms with Gasteiger partial charge in [0, 0.05) is 23.1 Å². The minimum Gasteiger partial charge on any atom is -0.312 e. The molecule has 2 aromatic carbocycles. The van der Waals surface area contributed by atoms with Crippen LogP contribution in [0, 0.1) is 5.92 Å². The lowest BCUT2D eigenvalue weighted by Crippen LogP contribution is -2.45. The van der Waals surface area contributed by atoms with Crippen molar-refractivity contribution in [2.24, 2.45) is 5.92 Å². The normalized spacial score (nSPS) is 16.4. The number of hydrogen-bond donors (Lipinski definition) is 2. The Kier molecular flexibility index (Phi) is 5.68. The van der Waals surface area contributed by atoms with E-state index < -0.39 is 5.92 Å². The average molecular weight is 416 g/mol. The van der Waals surface area contributed by atoms with Gasteiger partial charge in [-0.25, -0.2) is 0 Å². The number of halogens is 1. The molecule has 1 unspecified atom stereocenters. The Morgan fingerprint density at radius 2 is 1.85 bits per heavy atom. The predicted octanol–water partition coefficient (Wildman–Crippen LogP) is 2.19. The van der Waals surface area contributed by atoms with Crippen LogP contribution in [0.5, 0.6) is 0 Å². The zero-order chi connectivity index (χ0) is 18.5. The third kappa shape index (κ3) is 4.49. The molecule has 1 heterocycles. The number of hydrazine groups is 1. The molecule has 3 rings (SSSR count). The summed E-state index contributed by atoms with van der Waals surface area (Å²) in [4.78, 5) is 38.0. The molecule has 134 valence electrons. The third-order valence-electron chi connectivity index (χ3n) is 4.15. The van der Waals surface area contributed by atoms with E-state index in [1.165, 1.54) is 0 Å². The summed E-state index contributed by atoms with van der Waals surface area (Å²) in [5, 5.41) is 0. The lowest BCUT2D eigenvalue weighted by molar-refractivity contribution is -0.131. The number of hydrogen-bond acceptors (Lipinski definition) is 3. The van der Waals surface area contributed by atoms with E-state index in [0.717, 1.165) is 15.7 Å². The highest BCUT2D eigenvalue weighted by atomic mass is 79.9. The Morgan fingerprint density at radius 3 is 2.58 bits per heavy atom. The van der Waals surface area contributed by atoms with Crippen molar-refractivity contribution in [2.75, 3.05) is 11.4 Å². The van der Waals surface area contributed by atoms with Gasteiger partial charge in [0.15, 0.2) is 0 Å². The van der Waals surface area contributed by atoms with Crippen LogP contribution >= 0.6 is 15.9 Å². The number of nitrogens with zero attached hydrogens (tertiary/aromatic N) is 1. The lowest BCUT2D eigenvalue weighted by atomic mass is 10.1. The second-order valence-electron chi connectivity index (χ2n) is 6.09. The smallest absolute Gasteiger partial charge is 0.243 e. The van der Waals surface area contributed by atoms with Gasteiger partial charge in [-0.3, -0.25) is 25.2 Å². The molecule has 0 saturated carbocycles. The van der Waals surface area contributed by atoms with Gasteiger partial charge in [-0.15, -0.1) is 0 Å². The molecule has 2 aromatic rings. The summed E-state index contributed by atoms with van der Waals surface area (Å²) in [7, 11) is 0. The van der Waals surface area contributed by atoms with Crippen molar-refractivity contribution >= 4 is 39.3 Å². The summed E-state index contributed by atoms with van der Waals surface area (Å²) in [5.41, 5.74) is 6.43. The first-order valence-corrected chi connectivity index (χ1v) is 9.01. The second kappa shape index (κ2) is 8.14. The Balaban J connectivity index is 1.52. The fourth-order valence-corrected chi connectivity index (χ4v) is 3.22. The van der Waals surface area contributed by atoms with E-state index in [4.69, 9.17) is 0 Å². The van der Waals surface area contributed by atoms with Gasteiger partial charge in [0.05, 0.1) is 12.3 Å². The molecule has 1 saturated heterocycles. The highest BCUT2D eigenvalue weighted by molar-refractivity contribution is 9.10. The summed E-state index contributed by atoms with van der Waals surface area (Å²) < 4.78 is 0.865. The lowest BCUT2D eigenvalue weighted by Gasteiger charge is -2.17. The summed E-state index contributed by atoms with van der Waals surface area (Å²) in [6.07, 6.45) is 0.293. The van der Waals surface area contributed by atoms with E-state index in [2.05, 4.69) is 26.8 Å². The molecular weight excluding hydrogens is 398 g/mol. The van der Waals surface area contributed by atoms with Crippen LogP contribution in [0.15, 0.2) is 59.1 Å². The first-order valence-electron chi connectivity index (χ1n) is 8.21. The zero-order valence-corrected chi connectivity index (χ0v) is 15.5. The van der Waals surface area contributed by atoms with Crippen LogP contribution in [-0.2, 0) is 20.8 Å². The molecule has 7 heteroatoms. The number of benzene rings is 2. The van der Waals surface area contributed by atoms with Crippen LogP contribution in [0.25, 0.3) is 0 Å². The van der Waals surface area contributed by atoms with Gasteiger partial charge >= 0.3 is 0 Å². The first kappa shape index (κ1) is 18.1. The standard InChI is InChI=1S/C19H18BrN3O3/c20-15-7-4-8-16(11-15)23-12-14(10-18(23)25)19(26)22-21-17(24)9-13-5-2-1-3-6-13/h1-8,11,14H,9-10,12H2,(H,21,24)(H,22,26). The molecule has 1 aliphatic rings. The fraction of sp³-hybridized carbons (Fsp3) is 0.211. The van der Waals surface area contributed by atoms with Crippen molar-refractivity contribution in [3.8, 4) is 0 Å². The number of rotatable bonds is 4. The maximum atomic E-state index is 12.3. The SMILES string of the molecule is O=C(Cc1ccccc1)NNC(=O)C1CC(=O)N(c2cccc(Br)c2)C1. The largest absolute Gasteiger partial charge is 0.312 e. The molecule has 26 heavy (non-hydrogen) atoms. The van der Waals surface area contributed by atoms with Gasteiger partial charge in [0.2, 0.25) is 17.7 Å². The summed E-state index contributed by atoms with van der Waals surface area (Å²) >= 11 is 3.38. The minimum absolute atomic E-state index is 0.112. The van der Waals surface area contributed by atoms with E-state index in [9.17, 15) is 14.4 Å². The van der Waals surface area contributed by atoms with Crippen LogP contribution in [0.1, 0.15) is 12.0 Å². The molecular formula is C19H18BrN3O3. The van der Waals surface area contributed by atoms with Crippen molar-refractivity contribution in [2.45, 2.75) is 12.8 Å². The van der Waals surface area contributed by atoms with E-state index >= 15 is 0 Å². The molecule has 0 spiro atoms. The van der Waals surface area contributed by atoms with Gasteiger partial charge in [-0.1, -0.05) is 52.3 Å². The van der Waals surface area contributed by atoms with Crippen LogP contribution in [0.4, 0.5) is 5.69 Å². The highest BCUT2D eigenvalue weighted by Gasteiger charge is 2.35. The van der Waals surface area contributed by atoms with Crippen LogP contribution in [0.2, 0.25) is 0 Å². The fourth-order valence-electron chi connectivity index (χ4n) is 2.84. The van der Waals surface area contributed by atoms with Crippen molar-refractivity contribution in [3.05, 3.63) is 64.6 Å². The maximum absolute atomic E-state index is 12.3. The van der Waals surface area contributed by atoms with Crippen molar-refractivity contribution < 1.29 is 14.4 Å². The van der Waals surface area contributed by atoms with Gasteiger partial charge in [-0.2, -0.15) is 0 Å². The number of carbonyl (C=O) groups is 3. The van der Waals surface area contributed by atoms with Crippen LogP contribution in [0.3, 0.4) is 0 Å². The maximum Gasteiger partial charge on any atom is 0.243 e. The number of carbonyl (C=O) groups excluding carboxylic acids is 3. The van der Waals surface area contributed by atoms with Crippen LogP contribution in [-0.4, -0.2) is 24.3 Å². The van der Waals surface area contributed by atoms with E-state index in [0.29, 0.717) is 0 Å². The molecule has 1 aliphatic heterocycles. The first-order chi connectivity index (χ1) is 12.5. The number of nitrogens with one attached hydrogen (secondary N) is 2. The average Bonchev–Trinajstić information content (AvgIpc) is 3.02. The Bertz CT molecular complexity index is 826. The van der Waals surface area contributed by atoms with E-state index in [1.54, 1.807) is 4.90 Å². The predicted molar refractivity (Wildman–Crippen MR) is 101 cm³/mol. The second-order valence-corrected chi connectivity index (χ2v) is 7.00. The number of anilines is 1. The molecule has 0 aliphatic carbocycles. The van der Waals surface area contributed by atoms with Crippen molar-refractivity contribution in [1.29, 1.82) is 0 Å². The monoisotopic (exact) mass is 415 g/mol. The minimum atomic E-state index is -0.501. The molecule has 3 amide bonds. The molecule has 0 aromatic heterocycles. The van der Waals surface area contributed by atoms with Crippen LogP contribution < -0.4 is 15.8 Å². The van der Waals surface area contributed by atoms with E-state index in [1.807, 2.05) is 54.6 Å². The molecule has 1 fully saturated rings. The van der Waals surface area contributed by atoms with Gasteiger partial charge in [0.1, 0.15) is 0 Å². The summed E-state index contributed by atoms with van der Waals surface area (Å²) in [5.74, 6) is -1.28. The molecule has 0 bridgehead atoms. The molecule has 0 radical (unpaired) electrons. The zero-order valence-electron chi connectivity index (χ0n) is 13.9. The molecule has 6 nitrogen and oxygen atoms in total. The van der Waals surface area contributed by atoms with Crippen molar-refractivity contribution in [3.63, 3.8) is 0 Å². The van der Waals surface area contributed by atoms with Gasteiger partial charge < -0.3 is 4.90 Å².